The van der Waals surface area contributed by atoms with Crippen LogP contribution in [0.4, 0.5) is 0 Å². The fourth-order valence-electron chi connectivity index (χ4n) is 1.50. The van der Waals surface area contributed by atoms with E-state index in [9.17, 15) is 19.8 Å². The average Bonchev–Trinajstić information content (AvgIpc) is 2.15. The molecular formula is C11H12O5. The zero-order valence-electron chi connectivity index (χ0n) is 8.89. The van der Waals surface area contributed by atoms with E-state index in [0.29, 0.717) is 0 Å². The van der Waals surface area contributed by atoms with Crippen molar-refractivity contribution in [2.45, 2.75) is 20.0 Å². The second-order valence-electron chi connectivity index (χ2n) is 3.46. The van der Waals surface area contributed by atoms with Crippen LogP contribution in [0.15, 0.2) is 12.1 Å². The maximum Gasteiger partial charge on any atom is 0.339 e. The number of carboxylic acid groups (broad SMARTS) is 1. The number of aromatic carboxylic acids is 1. The number of aliphatic hydroxyl groups is 1. The van der Waals surface area contributed by atoms with Crippen LogP contribution in [-0.2, 0) is 0 Å². The van der Waals surface area contributed by atoms with Crippen LogP contribution in [-0.4, -0.2) is 27.1 Å². The highest BCUT2D eigenvalue weighted by Crippen LogP contribution is 2.30. The third-order valence-corrected chi connectivity index (χ3v) is 2.24. The summed E-state index contributed by atoms with van der Waals surface area (Å²) in [5.41, 5.74) is -0.278. The Hall–Kier alpha value is -1.88. The summed E-state index contributed by atoms with van der Waals surface area (Å²) >= 11 is 0. The van der Waals surface area contributed by atoms with Crippen molar-refractivity contribution in [3.63, 3.8) is 0 Å². The fourth-order valence-corrected chi connectivity index (χ4v) is 1.50. The van der Waals surface area contributed by atoms with Crippen molar-refractivity contribution in [2.75, 3.05) is 0 Å². The Bertz CT molecular complexity index is 448. The molecule has 1 aromatic carbocycles. The molecule has 0 aromatic heterocycles. The van der Waals surface area contributed by atoms with E-state index in [1.165, 1.54) is 19.9 Å². The number of rotatable bonds is 3. The van der Waals surface area contributed by atoms with Gasteiger partial charge in [0.15, 0.2) is 5.78 Å². The molecule has 1 rings (SSSR count). The van der Waals surface area contributed by atoms with Crippen LogP contribution in [0.3, 0.4) is 0 Å². The molecule has 3 N–H and O–H groups in total. The molecule has 0 bridgehead atoms. The Morgan fingerprint density at radius 3 is 2.25 bits per heavy atom. The first-order valence-electron chi connectivity index (χ1n) is 4.64. The van der Waals surface area contributed by atoms with Crippen molar-refractivity contribution in [2.24, 2.45) is 0 Å². The van der Waals surface area contributed by atoms with Gasteiger partial charge in [0.25, 0.3) is 0 Å². The molecule has 0 saturated heterocycles. The van der Waals surface area contributed by atoms with Crippen molar-refractivity contribution >= 4 is 11.8 Å². The van der Waals surface area contributed by atoms with Crippen LogP contribution in [0, 0.1) is 0 Å². The topological polar surface area (TPSA) is 94.8 Å². The molecule has 0 aliphatic heterocycles. The van der Waals surface area contributed by atoms with Crippen molar-refractivity contribution in [1.29, 1.82) is 0 Å². The summed E-state index contributed by atoms with van der Waals surface area (Å²) in [7, 11) is 0. The highest BCUT2D eigenvalue weighted by Gasteiger charge is 2.21. The Labute approximate surface area is 92.0 Å². The molecule has 0 amide bonds. The molecule has 0 radical (unpaired) electrons. The molecular weight excluding hydrogens is 212 g/mol. The minimum absolute atomic E-state index is 0.144. The molecule has 86 valence electrons. The molecule has 5 nitrogen and oxygen atoms in total. The SMILES string of the molecule is CC(=O)c1c(C(C)O)ccc(C(=O)O)c1O. The normalized spacial score (nSPS) is 12.2. The number of benzene rings is 1. The number of aromatic hydroxyl groups is 1. The Kier molecular flexibility index (Phi) is 3.29. The third kappa shape index (κ3) is 2.04. The highest BCUT2D eigenvalue weighted by molar-refractivity contribution is 6.03. The second-order valence-corrected chi connectivity index (χ2v) is 3.46. The Balaban J connectivity index is 3.54. The lowest BCUT2D eigenvalue weighted by atomic mass is 9.96. The number of aliphatic hydroxyl groups excluding tert-OH is 1. The van der Waals surface area contributed by atoms with Gasteiger partial charge in [-0.25, -0.2) is 4.79 Å². The first-order chi connectivity index (χ1) is 7.36. The van der Waals surface area contributed by atoms with E-state index in [1.807, 2.05) is 0 Å². The van der Waals surface area contributed by atoms with E-state index < -0.39 is 23.6 Å². The number of carbonyl (C=O) groups is 2. The fraction of sp³-hybridized carbons (Fsp3) is 0.273. The molecule has 0 spiro atoms. The van der Waals surface area contributed by atoms with Gasteiger partial charge in [-0.15, -0.1) is 0 Å². The summed E-state index contributed by atoms with van der Waals surface area (Å²) in [5.74, 6) is -2.41. The van der Waals surface area contributed by atoms with E-state index >= 15 is 0 Å². The maximum atomic E-state index is 11.3. The van der Waals surface area contributed by atoms with Crippen LogP contribution < -0.4 is 0 Å². The van der Waals surface area contributed by atoms with Crippen LogP contribution in [0.5, 0.6) is 5.75 Å². The summed E-state index contributed by atoms with van der Waals surface area (Å²) in [6, 6.07) is 2.48. The number of phenols is 1. The van der Waals surface area contributed by atoms with Crippen molar-refractivity contribution < 1.29 is 24.9 Å². The summed E-state index contributed by atoms with van der Waals surface area (Å²) < 4.78 is 0. The lowest BCUT2D eigenvalue weighted by Crippen LogP contribution is -2.07. The molecule has 5 heteroatoms. The van der Waals surface area contributed by atoms with Crippen molar-refractivity contribution in [1.82, 2.24) is 0 Å². The van der Waals surface area contributed by atoms with Gasteiger partial charge >= 0.3 is 5.97 Å². The Morgan fingerprint density at radius 1 is 1.31 bits per heavy atom. The predicted octanol–water partition coefficient (Wildman–Crippen LogP) is 1.35. The van der Waals surface area contributed by atoms with Crippen LogP contribution >= 0.6 is 0 Å². The van der Waals surface area contributed by atoms with Gasteiger partial charge in [-0.3, -0.25) is 4.79 Å². The van der Waals surface area contributed by atoms with Gasteiger partial charge in [0.1, 0.15) is 11.3 Å². The van der Waals surface area contributed by atoms with Gasteiger partial charge < -0.3 is 15.3 Å². The zero-order valence-corrected chi connectivity index (χ0v) is 8.89. The van der Waals surface area contributed by atoms with Crippen molar-refractivity contribution in [3.8, 4) is 5.75 Å². The molecule has 0 aliphatic carbocycles. The zero-order chi connectivity index (χ0) is 12.5. The summed E-state index contributed by atoms with van der Waals surface area (Å²) in [6.45, 7) is 2.63. The van der Waals surface area contributed by atoms with Gasteiger partial charge in [0.2, 0.25) is 0 Å². The summed E-state index contributed by atoms with van der Waals surface area (Å²) in [5, 5.41) is 27.8. The minimum Gasteiger partial charge on any atom is -0.506 e. The minimum atomic E-state index is -1.32. The van der Waals surface area contributed by atoms with Gasteiger partial charge in [-0.05, 0) is 25.5 Å². The number of carbonyl (C=O) groups excluding carboxylic acids is 1. The van der Waals surface area contributed by atoms with E-state index in [1.54, 1.807) is 0 Å². The molecule has 0 heterocycles. The molecule has 0 fully saturated rings. The predicted molar refractivity (Wildman–Crippen MR) is 55.7 cm³/mol. The monoisotopic (exact) mass is 224 g/mol. The first kappa shape index (κ1) is 12.2. The molecule has 1 unspecified atom stereocenters. The molecule has 1 aromatic rings. The number of carboxylic acids is 1. The van der Waals surface area contributed by atoms with E-state index in [0.717, 1.165) is 6.07 Å². The van der Waals surface area contributed by atoms with Gasteiger partial charge in [-0.1, -0.05) is 6.07 Å². The standard InChI is InChI=1S/C11H12O5/c1-5(12)7-3-4-8(11(15)16)10(14)9(7)6(2)13/h3-5,12,14H,1-2H3,(H,15,16). The summed E-state index contributed by atoms with van der Waals surface area (Å²) in [6.07, 6.45) is -0.951. The smallest absolute Gasteiger partial charge is 0.339 e. The second kappa shape index (κ2) is 4.32. The molecule has 1 atom stereocenters. The largest absolute Gasteiger partial charge is 0.506 e. The van der Waals surface area contributed by atoms with Crippen LogP contribution in [0.1, 0.15) is 46.2 Å². The molecule has 0 saturated carbocycles. The van der Waals surface area contributed by atoms with Crippen LogP contribution in [0.25, 0.3) is 0 Å². The van der Waals surface area contributed by atoms with E-state index in [4.69, 9.17) is 5.11 Å². The van der Waals surface area contributed by atoms with Gasteiger partial charge in [-0.2, -0.15) is 0 Å². The summed E-state index contributed by atoms with van der Waals surface area (Å²) in [4.78, 5) is 22.0. The third-order valence-electron chi connectivity index (χ3n) is 2.24. The molecule has 0 aliphatic rings. The number of hydrogen-bond donors (Lipinski definition) is 3. The van der Waals surface area contributed by atoms with Crippen LogP contribution in [0.2, 0.25) is 0 Å². The number of ketones is 1. The maximum absolute atomic E-state index is 11.3. The molecule has 16 heavy (non-hydrogen) atoms. The van der Waals surface area contributed by atoms with Crippen molar-refractivity contribution in [3.05, 3.63) is 28.8 Å². The number of hydrogen-bond acceptors (Lipinski definition) is 4. The van der Waals surface area contributed by atoms with Gasteiger partial charge in [0.05, 0.1) is 11.7 Å². The number of Topliss-reactive ketones (excluding diaryl/α,β-unsaturated/α-hetero) is 1. The average molecular weight is 224 g/mol. The lowest BCUT2D eigenvalue weighted by Gasteiger charge is -2.12. The quantitative estimate of drug-likeness (QED) is 0.673. The highest BCUT2D eigenvalue weighted by atomic mass is 16.4. The van der Waals surface area contributed by atoms with E-state index in [2.05, 4.69) is 0 Å². The van der Waals surface area contributed by atoms with Gasteiger partial charge in [0, 0.05) is 0 Å². The van der Waals surface area contributed by atoms with E-state index in [-0.39, 0.29) is 16.7 Å². The lowest BCUT2D eigenvalue weighted by molar-refractivity contribution is 0.0693. The first-order valence-corrected chi connectivity index (χ1v) is 4.64. The Morgan fingerprint density at radius 2 is 1.88 bits per heavy atom.